The highest BCUT2D eigenvalue weighted by atomic mass is 35.5. The third-order valence-corrected chi connectivity index (χ3v) is 3.56. The minimum absolute atomic E-state index is 0. The summed E-state index contributed by atoms with van der Waals surface area (Å²) in [5, 5.41) is 7.77. The summed E-state index contributed by atoms with van der Waals surface area (Å²) in [6.07, 6.45) is 0. The summed E-state index contributed by atoms with van der Waals surface area (Å²) in [7, 11) is 1.92. The number of halogens is 1. The van der Waals surface area contributed by atoms with E-state index >= 15 is 0 Å². The van der Waals surface area contributed by atoms with Crippen molar-refractivity contribution >= 4 is 12.4 Å². The van der Waals surface area contributed by atoms with E-state index in [4.69, 9.17) is 4.74 Å². The molecule has 5 heteroatoms. The van der Waals surface area contributed by atoms with Crippen molar-refractivity contribution in [1.82, 2.24) is 15.1 Å². The van der Waals surface area contributed by atoms with Crippen LogP contribution in [0.3, 0.4) is 0 Å². The van der Waals surface area contributed by atoms with Gasteiger partial charge in [0.05, 0.1) is 12.2 Å². The van der Waals surface area contributed by atoms with E-state index in [1.165, 1.54) is 5.56 Å². The molecule has 0 aliphatic heterocycles. The van der Waals surface area contributed by atoms with Gasteiger partial charge in [0.25, 0.3) is 0 Å². The minimum atomic E-state index is 0. The van der Waals surface area contributed by atoms with E-state index < -0.39 is 0 Å². The highest BCUT2D eigenvalue weighted by Crippen LogP contribution is 2.17. The number of hydrogen-bond donors (Lipinski definition) is 1. The van der Waals surface area contributed by atoms with Gasteiger partial charge in [0.2, 0.25) is 5.88 Å². The van der Waals surface area contributed by atoms with Gasteiger partial charge in [0, 0.05) is 12.6 Å². The fourth-order valence-electron chi connectivity index (χ4n) is 2.44. The van der Waals surface area contributed by atoms with Crippen LogP contribution in [0.1, 0.15) is 52.9 Å². The van der Waals surface area contributed by atoms with Crippen LogP contribution in [0.25, 0.3) is 0 Å². The fraction of sp³-hybridized carbons (Fsp3) is 0.375. The number of aromatic nitrogens is 2. The molecule has 164 valence electrons. The van der Waals surface area contributed by atoms with Gasteiger partial charge in [-0.15, -0.1) is 12.4 Å². The summed E-state index contributed by atoms with van der Waals surface area (Å²) in [5.41, 5.74) is 3.33. The maximum absolute atomic E-state index is 6.00. The average molecular weight is 422 g/mol. The molecule has 0 atom stereocenters. The Morgan fingerprint density at radius 3 is 1.90 bits per heavy atom. The van der Waals surface area contributed by atoms with Crippen LogP contribution in [0.15, 0.2) is 66.7 Å². The van der Waals surface area contributed by atoms with Gasteiger partial charge in [-0.25, -0.2) is 4.68 Å². The predicted molar refractivity (Wildman–Crippen MR) is 130 cm³/mol. The standard InChI is InChI=1S/C19H21N3O.C2H6.3CH4.ClH/c1-20-13-18-12-19(23-15-17-10-6-3-7-11-17)22(21-18)14-16-8-4-2-5-9-16;1-2;;;;/h2-12,20H,13-15H2,1H3;1-2H3;3*1H4;1H. The van der Waals surface area contributed by atoms with E-state index in [9.17, 15) is 0 Å². The Morgan fingerprint density at radius 2 is 1.38 bits per heavy atom. The van der Waals surface area contributed by atoms with Crippen molar-refractivity contribution in [2.45, 2.75) is 55.8 Å². The fourth-order valence-corrected chi connectivity index (χ4v) is 2.44. The molecule has 0 aliphatic carbocycles. The zero-order valence-electron chi connectivity index (χ0n) is 15.7. The molecule has 4 nitrogen and oxygen atoms in total. The summed E-state index contributed by atoms with van der Waals surface area (Å²) in [5.74, 6) is 0.794. The van der Waals surface area contributed by atoms with Crippen molar-refractivity contribution in [2.24, 2.45) is 0 Å². The Labute approximate surface area is 184 Å². The Hall–Kier alpha value is -2.30. The van der Waals surface area contributed by atoms with Crippen LogP contribution in [0, 0.1) is 0 Å². The molecule has 0 bridgehead atoms. The maximum atomic E-state index is 6.00. The minimum Gasteiger partial charge on any atom is -0.473 e. The summed E-state index contributed by atoms with van der Waals surface area (Å²) in [4.78, 5) is 0. The number of hydrogen-bond acceptors (Lipinski definition) is 3. The lowest BCUT2D eigenvalue weighted by molar-refractivity contribution is 0.275. The van der Waals surface area contributed by atoms with Gasteiger partial charge in [-0.1, -0.05) is 96.8 Å². The highest BCUT2D eigenvalue weighted by Gasteiger charge is 2.09. The van der Waals surface area contributed by atoms with Crippen molar-refractivity contribution < 1.29 is 4.74 Å². The lowest BCUT2D eigenvalue weighted by Crippen LogP contribution is -2.08. The van der Waals surface area contributed by atoms with Crippen LogP contribution < -0.4 is 10.1 Å². The van der Waals surface area contributed by atoms with Crippen molar-refractivity contribution in [3.05, 3.63) is 83.6 Å². The molecular formula is C24H40ClN3O. The predicted octanol–water partition coefficient (Wildman–Crippen LogP) is 6.59. The van der Waals surface area contributed by atoms with Crippen molar-refractivity contribution in [3.63, 3.8) is 0 Å². The quantitative estimate of drug-likeness (QED) is 0.467. The van der Waals surface area contributed by atoms with E-state index in [0.29, 0.717) is 13.2 Å². The van der Waals surface area contributed by atoms with Gasteiger partial charge < -0.3 is 10.1 Å². The van der Waals surface area contributed by atoms with Gasteiger partial charge in [0.15, 0.2) is 0 Å². The second kappa shape index (κ2) is 17.8. The second-order valence-corrected chi connectivity index (χ2v) is 5.42. The Morgan fingerprint density at radius 1 is 0.862 bits per heavy atom. The molecule has 1 aromatic heterocycles. The zero-order chi connectivity index (χ0) is 17.9. The molecule has 2 aromatic carbocycles. The number of ether oxygens (including phenoxy) is 1. The van der Waals surface area contributed by atoms with Gasteiger partial charge in [-0.3, -0.25) is 0 Å². The molecule has 1 N–H and O–H groups in total. The molecule has 1 heterocycles. The first-order valence-electron chi connectivity index (χ1n) is 8.77. The summed E-state index contributed by atoms with van der Waals surface area (Å²) in [6, 6.07) is 22.5. The average Bonchev–Trinajstić information content (AvgIpc) is 3.05. The number of rotatable bonds is 7. The largest absolute Gasteiger partial charge is 0.473 e. The number of benzene rings is 2. The van der Waals surface area contributed by atoms with Crippen LogP contribution in [0.5, 0.6) is 5.88 Å². The van der Waals surface area contributed by atoms with E-state index in [2.05, 4.69) is 34.7 Å². The van der Waals surface area contributed by atoms with E-state index in [1.54, 1.807) is 0 Å². The van der Waals surface area contributed by atoms with E-state index in [-0.39, 0.29) is 34.7 Å². The molecule has 0 spiro atoms. The topological polar surface area (TPSA) is 39.1 Å². The first kappa shape index (κ1) is 31.4. The van der Waals surface area contributed by atoms with Crippen molar-refractivity contribution in [3.8, 4) is 5.88 Å². The lowest BCUT2D eigenvalue weighted by atomic mass is 10.2. The highest BCUT2D eigenvalue weighted by molar-refractivity contribution is 5.85. The van der Waals surface area contributed by atoms with Crippen LogP contribution >= 0.6 is 12.4 Å². The Bertz CT molecular complexity index is 730. The van der Waals surface area contributed by atoms with Gasteiger partial charge in [0.1, 0.15) is 6.61 Å². The van der Waals surface area contributed by atoms with E-state index in [1.807, 2.05) is 68.0 Å². The Kier molecular flexibility index (Phi) is 19.2. The van der Waals surface area contributed by atoms with Gasteiger partial charge in [-0.05, 0) is 18.2 Å². The molecule has 29 heavy (non-hydrogen) atoms. The summed E-state index contributed by atoms with van der Waals surface area (Å²) < 4.78 is 7.92. The number of nitrogens with zero attached hydrogens (tertiary/aromatic N) is 2. The molecule has 0 radical (unpaired) electrons. The Balaban J connectivity index is -0.00000109. The molecule has 0 saturated carbocycles. The molecule has 3 rings (SSSR count). The molecule has 0 unspecified atom stereocenters. The SMILES string of the molecule is C.C.C.CC.CNCc1cc(OCc2ccccc2)n(Cc2ccccc2)n1.Cl. The number of nitrogens with one attached hydrogen (secondary N) is 1. The van der Waals surface area contributed by atoms with Crippen LogP contribution in [-0.2, 0) is 19.7 Å². The van der Waals surface area contributed by atoms with E-state index in [0.717, 1.165) is 23.7 Å². The lowest BCUT2D eigenvalue weighted by Gasteiger charge is -2.09. The normalized spacial score (nSPS) is 8.66. The van der Waals surface area contributed by atoms with Crippen LogP contribution in [0.2, 0.25) is 0 Å². The first-order valence-corrected chi connectivity index (χ1v) is 8.77. The first-order chi connectivity index (χ1) is 12.3. The van der Waals surface area contributed by atoms with Crippen molar-refractivity contribution in [2.75, 3.05) is 7.05 Å². The van der Waals surface area contributed by atoms with Gasteiger partial charge >= 0.3 is 0 Å². The van der Waals surface area contributed by atoms with Gasteiger partial charge in [-0.2, -0.15) is 5.10 Å². The summed E-state index contributed by atoms with van der Waals surface area (Å²) >= 11 is 0. The molecule has 0 aliphatic rings. The molecule has 0 fully saturated rings. The monoisotopic (exact) mass is 421 g/mol. The smallest absolute Gasteiger partial charge is 0.212 e. The molecular weight excluding hydrogens is 382 g/mol. The maximum Gasteiger partial charge on any atom is 0.212 e. The van der Waals surface area contributed by atoms with Crippen molar-refractivity contribution in [1.29, 1.82) is 0 Å². The molecule has 0 amide bonds. The second-order valence-electron chi connectivity index (χ2n) is 5.42. The molecule has 3 aromatic rings. The zero-order valence-corrected chi connectivity index (χ0v) is 16.5. The van der Waals surface area contributed by atoms with Crippen LogP contribution in [-0.4, -0.2) is 16.8 Å². The third kappa shape index (κ3) is 10.2. The third-order valence-electron chi connectivity index (χ3n) is 3.56. The molecule has 0 saturated heterocycles. The summed E-state index contributed by atoms with van der Waals surface area (Å²) in [6.45, 7) is 5.97. The van der Waals surface area contributed by atoms with Crippen LogP contribution in [0.4, 0.5) is 0 Å².